The second-order valence-electron chi connectivity index (χ2n) is 11.1. The zero-order valence-corrected chi connectivity index (χ0v) is 24.5. The lowest BCUT2D eigenvalue weighted by molar-refractivity contribution is 0.407. The maximum atomic E-state index is 6.18. The summed E-state index contributed by atoms with van der Waals surface area (Å²) >= 11 is 0. The number of hydrogen-bond acceptors (Lipinski definition) is 5. The Labute approximate surface area is 258 Å². The second kappa shape index (κ2) is 11.9. The van der Waals surface area contributed by atoms with Crippen LogP contribution in [-0.2, 0) is 5.41 Å². The van der Waals surface area contributed by atoms with Crippen LogP contribution in [0.5, 0.6) is 0 Å². The molecule has 0 saturated heterocycles. The van der Waals surface area contributed by atoms with E-state index in [2.05, 4.69) is 148 Å². The first-order valence-corrected chi connectivity index (χ1v) is 14.8. The molecule has 7 rings (SSSR count). The Kier molecular flexibility index (Phi) is 7.35. The van der Waals surface area contributed by atoms with Gasteiger partial charge in [-0.3, -0.25) is 0 Å². The maximum Gasteiger partial charge on any atom is 0.247 e. The van der Waals surface area contributed by atoms with Crippen LogP contribution < -0.4 is 9.80 Å². The summed E-state index contributed by atoms with van der Waals surface area (Å²) < 4.78 is 6.18. The Morgan fingerprint density at radius 2 is 1.05 bits per heavy atom. The molecule has 0 N–H and O–H groups in total. The molecule has 0 aliphatic heterocycles. The first kappa shape index (κ1) is 27.2. The molecule has 0 spiro atoms. The second-order valence-corrected chi connectivity index (χ2v) is 11.1. The Hall–Kier alpha value is -5.68. The number of para-hydroxylation sites is 3. The van der Waals surface area contributed by atoms with E-state index in [1.54, 1.807) is 0 Å². The molecular formula is C39H32N4O. The molecule has 1 atom stereocenters. The molecule has 0 amide bonds. The average Bonchev–Trinajstić information content (AvgIpc) is 3.59. The normalized spacial score (nSPS) is 15.7. The van der Waals surface area contributed by atoms with Gasteiger partial charge in [-0.25, -0.2) is 0 Å². The molecule has 6 aromatic rings. The van der Waals surface area contributed by atoms with Crippen molar-refractivity contribution in [3.63, 3.8) is 0 Å². The Balaban J connectivity index is 1.26. The number of nitrogens with zero attached hydrogens (tertiary/aromatic N) is 4. The van der Waals surface area contributed by atoms with E-state index in [0.717, 1.165) is 46.1 Å². The Morgan fingerprint density at radius 1 is 0.545 bits per heavy atom. The third kappa shape index (κ3) is 5.43. The number of hydrogen-bond donors (Lipinski definition) is 0. The molecule has 0 radical (unpaired) electrons. The predicted molar refractivity (Wildman–Crippen MR) is 179 cm³/mol. The molecule has 1 aliphatic carbocycles. The number of aromatic nitrogens is 2. The van der Waals surface area contributed by atoms with Crippen molar-refractivity contribution in [2.75, 3.05) is 9.80 Å². The lowest BCUT2D eigenvalue weighted by Gasteiger charge is -2.29. The van der Waals surface area contributed by atoms with E-state index in [0.29, 0.717) is 11.8 Å². The fourth-order valence-electron chi connectivity index (χ4n) is 5.61. The van der Waals surface area contributed by atoms with Gasteiger partial charge < -0.3 is 14.2 Å². The minimum absolute atomic E-state index is 0.289. The molecule has 214 valence electrons. The van der Waals surface area contributed by atoms with Crippen LogP contribution in [0.3, 0.4) is 0 Å². The molecule has 5 heteroatoms. The van der Waals surface area contributed by atoms with Crippen molar-refractivity contribution in [3.8, 4) is 11.5 Å². The van der Waals surface area contributed by atoms with Crippen LogP contribution in [0.15, 0.2) is 168 Å². The standard InChI is InChI=1S/C39H32N4O/c1-39(27-12-5-13-28-39)38-41-40-37(44-38)30-23-25-34(26-24-30)43(33-19-10-4-11-20-33)36-22-14-21-35(29-36)42(31-15-6-2-7-16-31)32-17-8-3-9-18-32/h2-27,29H,28H2,1H3. The number of rotatable bonds is 8. The van der Waals surface area contributed by atoms with Crippen molar-refractivity contribution in [3.05, 3.63) is 170 Å². The molecule has 1 unspecified atom stereocenters. The predicted octanol–water partition coefficient (Wildman–Crippen LogP) is 10.4. The highest BCUT2D eigenvalue weighted by Crippen LogP contribution is 2.41. The lowest BCUT2D eigenvalue weighted by atomic mass is 9.84. The summed E-state index contributed by atoms with van der Waals surface area (Å²) in [5.74, 6) is 1.15. The van der Waals surface area contributed by atoms with Gasteiger partial charge in [-0.05, 0) is 92.2 Å². The summed E-state index contributed by atoms with van der Waals surface area (Å²) in [6, 6.07) is 48.3. The third-order valence-electron chi connectivity index (χ3n) is 7.93. The molecule has 1 aromatic heterocycles. The SMILES string of the molecule is CC1(c2nnc(-c3ccc(N(c4ccccc4)c4cccc(N(c5ccccc5)c5ccccc5)c4)cc3)o2)C=CC=CC1. The van der Waals surface area contributed by atoms with Gasteiger partial charge in [0.05, 0.1) is 5.41 Å². The van der Waals surface area contributed by atoms with Crippen LogP contribution in [0.1, 0.15) is 19.2 Å². The Morgan fingerprint density at radius 3 is 1.55 bits per heavy atom. The fourth-order valence-corrected chi connectivity index (χ4v) is 5.61. The van der Waals surface area contributed by atoms with Crippen molar-refractivity contribution in [1.29, 1.82) is 0 Å². The summed E-state index contributed by atoms with van der Waals surface area (Å²) in [5, 5.41) is 8.79. The van der Waals surface area contributed by atoms with Crippen LogP contribution in [0.25, 0.3) is 11.5 Å². The van der Waals surface area contributed by atoms with Crippen molar-refractivity contribution in [2.24, 2.45) is 0 Å². The van der Waals surface area contributed by atoms with Gasteiger partial charge in [-0.2, -0.15) is 0 Å². The van der Waals surface area contributed by atoms with E-state index in [1.807, 2.05) is 42.5 Å². The molecule has 0 saturated carbocycles. The van der Waals surface area contributed by atoms with E-state index < -0.39 is 0 Å². The first-order chi connectivity index (χ1) is 21.7. The smallest absolute Gasteiger partial charge is 0.247 e. The van der Waals surface area contributed by atoms with E-state index in [4.69, 9.17) is 4.42 Å². The molecular weight excluding hydrogens is 540 g/mol. The highest BCUT2D eigenvalue weighted by molar-refractivity contribution is 5.83. The Bertz CT molecular complexity index is 1860. The van der Waals surface area contributed by atoms with Crippen LogP contribution in [0.4, 0.5) is 34.1 Å². The number of allylic oxidation sites excluding steroid dienone is 4. The average molecular weight is 573 g/mol. The van der Waals surface area contributed by atoms with Crippen molar-refractivity contribution in [2.45, 2.75) is 18.8 Å². The summed E-state index contributed by atoms with van der Waals surface area (Å²) in [4.78, 5) is 4.54. The van der Waals surface area contributed by atoms with Crippen LogP contribution in [0.2, 0.25) is 0 Å². The quantitative estimate of drug-likeness (QED) is 0.182. The van der Waals surface area contributed by atoms with Gasteiger partial charge in [-0.15, -0.1) is 10.2 Å². The summed E-state index contributed by atoms with van der Waals surface area (Å²) in [5.41, 5.74) is 6.98. The summed E-state index contributed by atoms with van der Waals surface area (Å²) in [7, 11) is 0. The minimum Gasteiger partial charge on any atom is -0.420 e. The maximum absolute atomic E-state index is 6.18. The molecule has 0 bridgehead atoms. The van der Waals surface area contributed by atoms with Crippen molar-refractivity contribution >= 4 is 34.1 Å². The zero-order chi connectivity index (χ0) is 29.8. The largest absolute Gasteiger partial charge is 0.420 e. The number of benzene rings is 5. The monoisotopic (exact) mass is 572 g/mol. The van der Waals surface area contributed by atoms with Crippen molar-refractivity contribution in [1.82, 2.24) is 10.2 Å². The van der Waals surface area contributed by atoms with Gasteiger partial charge in [0.1, 0.15) is 0 Å². The lowest BCUT2D eigenvalue weighted by Crippen LogP contribution is -2.19. The van der Waals surface area contributed by atoms with Gasteiger partial charge in [-0.1, -0.05) is 85.0 Å². The van der Waals surface area contributed by atoms with Gasteiger partial charge in [0, 0.05) is 39.7 Å². The summed E-state index contributed by atoms with van der Waals surface area (Å²) in [6.45, 7) is 2.12. The fraction of sp³-hybridized carbons (Fsp3) is 0.0769. The van der Waals surface area contributed by atoms with E-state index in [9.17, 15) is 0 Å². The first-order valence-electron chi connectivity index (χ1n) is 14.8. The molecule has 0 fully saturated rings. The molecule has 5 nitrogen and oxygen atoms in total. The zero-order valence-electron chi connectivity index (χ0n) is 24.5. The van der Waals surface area contributed by atoms with Gasteiger partial charge >= 0.3 is 0 Å². The van der Waals surface area contributed by atoms with Crippen LogP contribution in [-0.4, -0.2) is 10.2 Å². The molecule has 5 aromatic carbocycles. The highest BCUT2D eigenvalue weighted by Gasteiger charge is 2.30. The topological polar surface area (TPSA) is 45.4 Å². The van der Waals surface area contributed by atoms with Crippen LogP contribution >= 0.6 is 0 Å². The van der Waals surface area contributed by atoms with E-state index >= 15 is 0 Å². The molecule has 44 heavy (non-hydrogen) atoms. The van der Waals surface area contributed by atoms with Gasteiger partial charge in [0.25, 0.3) is 0 Å². The van der Waals surface area contributed by atoms with Gasteiger partial charge in [0.2, 0.25) is 11.8 Å². The highest BCUT2D eigenvalue weighted by atomic mass is 16.4. The summed E-state index contributed by atoms with van der Waals surface area (Å²) in [6.07, 6.45) is 9.17. The van der Waals surface area contributed by atoms with E-state index in [-0.39, 0.29) is 5.41 Å². The number of anilines is 6. The van der Waals surface area contributed by atoms with Crippen molar-refractivity contribution < 1.29 is 4.42 Å². The van der Waals surface area contributed by atoms with E-state index in [1.165, 1.54) is 0 Å². The molecule has 1 aliphatic rings. The molecule has 1 heterocycles. The van der Waals surface area contributed by atoms with Crippen LogP contribution in [0, 0.1) is 0 Å². The van der Waals surface area contributed by atoms with Gasteiger partial charge in [0.15, 0.2) is 0 Å². The third-order valence-corrected chi connectivity index (χ3v) is 7.93. The minimum atomic E-state index is -0.289.